The van der Waals surface area contributed by atoms with Crippen LogP contribution in [0.2, 0.25) is 0 Å². The average Bonchev–Trinajstić information content (AvgIpc) is 3.00. The first-order valence-corrected chi connectivity index (χ1v) is 17.7. The molecule has 0 aromatic rings. The second kappa shape index (κ2) is 29.7. The van der Waals surface area contributed by atoms with E-state index in [-0.39, 0.29) is 49.1 Å². The zero-order chi connectivity index (χ0) is 34.3. The number of carbonyl (C=O) groups is 3. The van der Waals surface area contributed by atoms with Gasteiger partial charge in [0.1, 0.15) is 12.6 Å². The molecule has 0 amide bonds. The molecule has 0 aromatic carbocycles. The zero-order valence-electron chi connectivity index (χ0n) is 29.7. The van der Waals surface area contributed by atoms with Gasteiger partial charge < -0.3 is 28.6 Å². The topological polar surface area (TPSA) is 102 Å². The first-order chi connectivity index (χ1) is 22.1. The molecule has 0 radical (unpaired) electrons. The van der Waals surface area contributed by atoms with Crippen LogP contribution < -0.4 is 5.11 Å². The third-order valence-electron chi connectivity index (χ3n) is 7.45. The second-order valence-corrected chi connectivity index (χ2v) is 12.7. The molecule has 8 heteroatoms. The summed E-state index contributed by atoms with van der Waals surface area (Å²) in [5, 5.41) is 11.5. The lowest BCUT2D eigenvalue weighted by atomic mass is 10.1. The van der Waals surface area contributed by atoms with Gasteiger partial charge in [-0.05, 0) is 57.8 Å². The van der Waals surface area contributed by atoms with Crippen LogP contribution in [-0.2, 0) is 28.6 Å². The summed E-state index contributed by atoms with van der Waals surface area (Å²) in [5.41, 5.74) is 0. The number of quaternary nitrogens is 1. The van der Waals surface area contributed by atoms with Gasteiger partial charge in [0.05, 0.1) is 40.3 Å². The van der Waals surface area contributed by atoms with E-state index in [0.717, 1.165) is 70.6 Å². The molecule has 0 aromatic heterocycles. The fraction of sp³-hybridized carbons (Fsp3) is 0.711. The average molecular weight is 648 g/mol. The Hall–Kier alpha value is -2.71. The number of carboxylic acid groups (broad SMARTS) is 1. The molecule has 2 atom stereocenters. The maximum atomic E-state index is 12.6. The highest BCUT2D eigenvalue weighted by molar-refractivity contribution is 5.70. The van der Waals surface area contributed by atoms with Gasteiger partial charge >= 0.3 is 11.9 Å². The quantitative estimate of drug-likeness (QED) is 0.0352. The minimum Gasteiger partial charge on any atom is -0.544 e. The molecule has 0 aliphatic carbocycles. The molecule has 8 nitrogen and oxygen atoms in total. The van der Waals surface area contributed by atoms with Gasteiger partial charge in [-0.3, -0.25) is 9.59 Å². The highest BCUT2D eigenvalue weighted by atomic mass is 16.6. The van der Waals surface area contributed by atoms with Gasteiger partial charge in [0, 0.05) is 19.3 Å². The van der Waals surface area contributed by atoms with E-state index >= 15 is 0 Å². The van der Waals surface area contributed by atoms with Crippen LogP contribution in [0, 0.1) is 0 Å². The maximum absolute atomic E-state index is 12.6. The molecular weight excluding hydrogens is 582 g/mol. The molecule has 0 heterocycles. The van der Waals surface area contributed by atoms with E-state index in [1.807, 2.05) is 0 Å². The Bertz CT molecular complexity index is 901. The zero-order valence-corrected chi connectivity index (χ0v) is 29.7. The Morgan fingerprint density at radius 3 is 1.89 bits per heavy atom. The predicted molar refractivity (Wildman–Crippen MR) is 185 cm³/mol. The molecule has 46 heavy (non-hydrogen) atoms. The van der Waals surface area contributed by atoms with Crippen molar-refractivity contribution >= 4 is 17.9 Å². The van der Waals surface area contributed by atoms with E-state index < -0.39 is 18.1 Å². The molecule has 0 spiro atoms. The van der Waals surface area contributed by atoms with Crippen LogP contribution in [0.15, 0.2) is 48.6 Å². The Morgan fingerprint density at radius 2 is 1.24 bits per heavy atom. The maximum Gasteiger partial charge on any atom is 0.306 e. The Kier molecular flexibility index (Phi) is 27.9. The van der Waals surface area contributed by atoms with Crippen LogP contribution in [0.4, 0.5) is 0 Å². The molecule has 2 unspecified atom stereocenters. The molecule has 0 aliphatic heterocycles. The van der Waals surface area contributed by atoms with Gasteiger partial charge in [-0.15, -0.1) is 0 Å². The fourth-order valence-corrected chi connectivity index (χ4v) is 4.66. The number of carbonyl (C=O) groups excluding carboxylic acids is 3. The van der Waals surface area contributed by atoms with Crippen molar-refractivity contribution in [3.63, 3.8) is 0 Å². The van der Waals surface area contributed by atoms with Crippen molar-refractivity contribution in [2.24, 2.45) is 0 Å². The van der Waals surface area contributed by atoms with Crippen LogP contribution in [0.3, 0.4) is 0 Å². The van der Waals surface area contributed by atoms with Crippen LogP contribution in [-0.4, -0.2) is 75.5 Å². The minimum absolute atomic E-state index is 0.0200. The lowest BCUT2D eigenvalue weighted by Gasteiger charge is -2.34. The number of likely N-dealkylation sites (N-methyl/N-ethyl adjacent to an activating group) is 1. The minimum atomic E-state index is -1.14. The van der Waals surface area contributed by atoms with E-state index in [4.69, 9.17) is 14.2 Å². The number of esters is 2. The fourth-order valence-electron chi connectivity index (χ4n) is 4.66. The lowest BCUT2D eigenvalue weighted by Crippen LogP contribution is -2.55. The lowest BCUT2D eigenvalue weighted by molar-refractivity contribution is -0.889. The summed E-state index contributed by atoms with van der Waals surface area (Å²) < 4.78 is 17.0. The molecular formula is C38H65NO7. The third kappa shape index (κ3) is 27.6. The second-order valence-electron chi connectivity index (χ2n) is 12.7. The summed E-state index contributed by atoms with van der Waals surface area (Å²) in [6, 6.07) is -0.732. The number of hydrogen-bond acceptors (Lipinski definition) is 7. The third-order valence-corrected chi connectivity index (χ3v) is 7.45. The Morgan fingerprint density at radius 1 is 0.674 bits per heavy atom. The summed E-state index contributed by atoms with van der Waals surface area (Å²) in [7, 11) is 5.36. The summed E-state index contributed by atoms with van der Waals surface area (Å²) in [5.74, 6) is -1.83. The normalized spacial score (nSPS) is 13.7. The van der Waals surface area contributed by atoms with Crippen LogP contribution in [0.1, 0.15) is 123 Å². The number of ether oxygens (including phenoxy) is 3. The number of carboxylic acids is 1. The van der Waals surface area contributed by atoms with Crippen LogP contribution >= 0.6 is 0 Å². The van der Waals surface area contributed by atoms with E-state index in [1.165, 1.54) is 12.8 Å². The Balaban J connectivity index is 4.57. The van der Waals surface area contributed by atoms with Crippen molar-refractivity contribution in [3.8, 4) is 0 Å². The summed E-state index contributed by atoms with van der Waals surface area (Å²) in [6.07, 6.45) is 31.5. The molecule has 0 N–H and O–H groups in total. The van der Waals surface area contributed by atoms with Crippen LogP contribution in [0.25, 0.3) is 0 Å². The highest BCUT2D eigenvalue weighted by Crippen LogP contribution is 2.11. The number of nitrogens with zero attached hydrogens (tertiary/aromatic N) is 1. The van der Waals surface area contributed by atoms with Crippen molar-refractivity contribution < 1.29 is 38.2 Å². The van der Waals surface area contributed by atoms with Gasteiger partial charge in [-0.1, -0.05) is 94.6 Å². The first-order valence-electron chi connectivity index (χ1n) is 17.7. The Labute approximate surface area is 280 Å². The smallest absolute Gasteiger partial charge is 0.306 e. The van der Waals surface area contributed by atoms with Crippen molar-refractivity contribution in [1.82, 2.24) is 0 Å². The highest BCUT2D eigenvalue weighted by Gasteiger charge is 2.25. The standard InChI is InChI=1S/C38H65NO7/c1-6-8-10-12-14-16-18-20-22-24-26-28-36(40)45-33-34(32-44-31-30-35(38(42)43)39(3,4)5)46-37(41)29-27-25-23-21-19-17-15-13-11-9-7-2/h8,10,13-16,20,22,34-35H,6-7,9,11-12,17-19,21,23-33H2,1-5H3/b10-8+,15-13+,16-14+,22-20+. The number of allylic oxidation sites excluding steroid dienone is 8. The number of rotatable bonds is 30. The SMILES string of the molecule is CC/C=C/C/C=C/C/C=C/CCCC(=O)OCC(COCCC(C(=O)[O-])[N+](C)(C)C)OC(=O)CCCCCCC/C=C/CCCC. The number of unbranched alkanes of at least 4 members (excludes halogenated alkanes) is 8. The number of hydrogen-bond donors (Lipinski definition) is 0. The molecule has 0 aliphatic rings. The van der Waals surface area contributed by atoms with Crippen molar-refractivity contribution in [2.75, 3.05) is 41.0 Å². The summed E-state index contributed by atoms with van der Waals surface area (Å²) in [6.45, 7) is 4.40. The summed E-state index contributed by atoms with van der Waals surface area (Å²) >= 11 is 0. The van der Waals surface area contributed by atoms with E-state index in [1.54, 1.807) is 21.1 Å². The summed E-state index contributed by atoms with van der Waals surface area (Å²) in [4.78, 5) is 36.5. The van der Waals surface area contributed by atoms with E-state index in [9.17, 15) is 19.5 Å². The van der Waals surface area contributed by atoms with Gasteiger partial charge in [-0.2, -0.15) is 0 Å². The van der Waals surface area contributed by atoms with Gasteiger partial charge in [0.25, 0.3) is 0 Å². The van der Waals surface area contributed by atoms with Gasteiger partial charge in [0.15, 0.2) is 6.10 Å². The van der Waals surface area contributed by atoms with Gasteiger partial charge in [-0.25, -0.2) is 0 Å². The van der Waals surface area contributed by atoms with Gasteiger partial charge in [0.2, 0.25) is 0 Å². The van der Waals surface area contributed by atoms with E-state index in [2.05, 4.69) is 62.5 Å². The monoisotopic (exact) mass is 647 g/mol. The molecule has 0 fully saturated rings. The molecule has 264 valence electrons. The van der Waals surface area contributed by atoms with E-state index in [0.29, 0.717) is 12.8 Å². The molecule has 0 saturated heterocycles. The largest absolute Gasteiger partial charge is 0.544 e. The molecule has 0 saturated carbocycles. The first kappa shape index (κ1) is 43.3. The molecule has 0 rings (SSSR count). The number of aliphatic carboxylic acids is 1. The molecule has 0 bridgehead atoms. The van der Waals surface area contributed by atoms with Crippen molar-refractivity contribution in [3.05, 3.63) is 48.6 Å². The predicted octanol–water partition coefficient (Wildman–Crippen LogP) is 7.18. The van der Waals surface area contributed by atoms with Crippen molar-refractivity contribution in [2.45, 2.75) is 135 Å². The van der Waals surface area contributed by atoms with Crippen LogP contribution in [0.5, 0.6) is 0 Å². The van der Waals surface area contributed by atoms with Crippen molar-refractivity contribution in [1.29, 1.82) is 0 Å².